The predicted octanol–water partition coefficient (Wildman–Crippen LogP) is 0.935. The third-order valence-electron chi connectivity index (χ3n) is 3.96. The van der Waals surface area contributed by atoms with Gasteiger partial charge in [-0.1, -0.05) is 6.07 Å². The molecule has 1 heterocycles. The van der Waals surface area contributed by atoms with Crippen LogP contribution in [0, 0.1) is 0 Å². The molecular weight excluding hydrogens is 228 g/mol. The van der Waals surface area contributed by atoms with Gasteiger partial charge in [-0.2, -0.15) is 0 Å². The van der Waals surface area contributed by atoms with Crippen LogP contribution in [-0.2, 0) is 13.1 Å². The number of carbonyl (C=O) groups excluding carboxylic acids is 1. The standard InChI is InChI=1S/C14H18N2O2/c17-13(16-9-14(18)4-1-5-14)10-2-3-11-7-15-8-12(11)6-10/h2-3,6,15,18H,1,4-5,7-9H2,(H,16,17). The molecule has 4 heteroatoms. The van der Waals surface area contributed by atoms with Crippen molar-refractivity contribution in [2.24, 2.45) is 0 Å². The second-order valence-corrected chi connectivity index (χ2v) is 5.35. The van der Waals surface area contributed by atoms with E-state index in [4.69, 9.17) is 0 Å². The number of amides is 1. The monoisotopic (exact) mass is 246 g/mol. The highest BCUT2D eigenvalue weighted by atomic mass is 16.3. The summed E-state index contributed by atoms with van der Waals surface area (Å²) in [6, 6.07) is 5.80. The first-order valence-electron chi connectivity index (χ1n) is 6.49. The molecule has 0 bridgehead atoms. The summed E-state index contributed by atoms with van der Waals surface area (Å²) in [5.74, 6) is -0.0926. The van der Waals surface area contributed by atoms with Crippen molar-refractivity contribution in [3.8, 4) is 0 Å². The molecule has 1 aromatic rings. The molecule has 0 aromatic heterocycles. The van der Waals surface area contributed by atoms with E-state index in [-0.39, 0.29) is 5.91 Å². The van der Waals surface area contributed by atoms with Crippen molar-refractivity contribution in [3.05, 3.63) is 34.9 Å². The van der Waals surface area contributed by atoms with E-state index in [0.717, 1.165) is 32.4 Å². The van der Waals surface area contributed by atoms with Crippen LogP contribution in [-0.4, -0.2) is 23.2 Å². The molecule has 3 N–H and O–H groups in total. The summed E-state index contributed by atoms with van der Waals surface area (Å²) in [5.41, 5.74) is 2.49. The highest BCUT2D eigenvalue weighted by Crippen LogP contribution is 2.30. The van der Waals surface area contributed by atoms with Gasteiger partial charge in [0.05, 0.1) is 5.60 Å². The zero-order valence-corrected chi connectivity index (χ0v) is 10.3. The number of carbonyl (C=O) groups is 1. The Bertz CT molecular complexity index is 481. The van der Waals surface area contributed by atoms with Gasteiger partial charge in [-0.25, -0.2) is 0 Å². The lowest BCUT2D eigenvalue weighted by Gasteiger charge is -2.36. The lowest BCUT2D eigenvalue weighted by molar-refractivity contribution is -0.0300. The minimum Gasteiger partial charge on any atom is -0.388 e. The SMILES string of the molecule is O=C(NCC1(O)CCC1)c1ccc2c(c1)CNC2. The fourth-order valence-electron chi connectivity index (χ4n) is 2.54. The molecule has 1 fully saturated rings. The summed E-state index contributed by atoms with van der Waals surface area (Å²) >= 11 is 0. The molecule has 0 saturated heterocycles. The minimum atomic E-state index is -0.659. The normalized spacial score (nSPS) is 20.1. The summed E-state index contributed by atoms with van der Waals surface area (Å²) < 4.78 is 0. The molecule has 1 amide bonds. The van der Waals surface area contributed by atoms with Gasteiger partial charge in [0.1, 0.15) is 0 Å². The van der Waals surface area contributed by atoms with E-state index in [2.05, 4.69) is 10.6 Å². The third-order valence-corrected chi connectivity index (χ3v) is 3.96. The molecule has 0 atom stereocenters. The van der Waals surface area contributed by atoms with Crippen molar-refractivity contribution in [1.82, 2.24) is 10.6 Å². The van der Waals surface area contributed by atoms with Crippen LogP contribution in [0.2, 0.25) is 0 Å². The van der Waals surface area contributed by atoms with Crippen molar-refractivity contribution in [2.45, 2.75) is 38.0 Å². The average molecular weight is 246 g/mol. The van der Waals surface area contributed by atoms with Gasteiger partial charge < -0.3 is 15.7 Å². The summed E-state index contributed by atoms with van der Waals surface area (Å²) in [5, 5.41) is 16.0. The molecule has 96 valence electrons. The van der Waals surface area contributed by atoms with E-state index < -0.39 is 5.60 Å². The van der Waals surface area contributed by atoms with E-state index in [0.29, 0.717) is 12.1 Å². The van der Waals surface area contributed by atoms with Gasteiger partial charge in [-0.3, -0.25) is 4.79 Å². The predicted molar refractivity (Wildman–Crippen MR) is 68.1 cm³/mol. The highest BCUT2D eigenvalue weighted by molar-refractivity contribution is 5.94. The van der Waals surface area contributed by atoms with Crippen LogP contribution < -0.4 is 10.6 Å². The van der Waals surface area contributed by atoms with Gasteiger partial charge in [-0.15, -0.1) is 0 Å². The first kappa shape index (κ1) is 11.7. The van der Waals surface area contributed by atoms with Gasteiger partial charge in [-0.05, 0) is 42.5 Å². The lowest BCUT2D eigenvalue weighted by Crippen LogP contribution is -2.47. The Balaban J connectivity index is 1.65. The van der Waals surface area contributed by atoms with Crippen molar-refractivity contribution in [3.63, 3.8) is 0 Å². The van der Waals surface area contributed by atoms with Gasteiger partial charge in [0.15, 0.2) is 0 Å². The topological polar surface area (TPSA) is 61.4 Å². The molecule has 3 rings (SSSR count). The van der Waals surface area contributed by atoms with Crippen molar-refractivity contribution in [1.29, 1.82) is 0 Å². The zero-order valence-electron chi connectivity index (χ0n) is 10.3. The van der Waals surface area contributed by atoms with Crippen LogP contribution in [0.5, 0.6) is 0 Å². The van der Waals surface area contributed by atoms with Gasteiger partial charge in [0, 0.05) is 25.2 Å². The molecule has 1 saturated carbocycles. The van der Waals surface area contributed by atoms with Crippen LogP contribution in [0.1, 0.15) is 40.7 Å². The zero-order chi connectivity index (χ0) is 12.6. The number of hydrogen-bond donors (Lipinski definition) is 3. The molecule has 1 aliphatic carbocycles. The van der Waals surface area contributed by atoms with Crippen LogP contribution in [0.3, 0.4) is 0 Å². The Morgan fingerprint density at radius 3 is 2.83 bits per heavy atom. The Labute approximate surface area is 106 Å². The second kappa shape index (κ2) is 4.37. The largest absolute Gasteiger partial charge is 0.388 e. The number of aliphatic hydroxyl groups is 1. The molecule has 18 heavy (non-hydrogen) atoms. The summed E-state index contributed by atoms with van der Waals surface area (Å²) in [6.07, 6.45) is 2.64. The van der Waals surface area contributed by atoms with Crippen LogP contribution in [0.4, 0.5) is 0 Å². The smallest absolute Gasteiger partial charge is 0.251 e. The first-order chi connectivity index (χ1) is 8.66. The molecule has 4 nitrogen and oxygen atoms in total. The molecule has 1 aromatic carbocycles. The Kier molecular flexibility index (Phi) is 2.84. The maximum Gasteiger partial charge on any atom is 0.251 e. The molecule has 2 aliphatic rings. The van der Waals surface area contributed by atoms with Crippen molar-refractivity contribution < 1.29 is 9.90 Å². The number of fused-ring (bicyclic) bond motifs is 1. The second-order valence-electron chi connectivity index (χ2n) is 5.35. The maximum absolute atomic E-state index is 12.0. The van der Waals surface area contributed by atoms with Gasteiger partial charge in [0.2, 0.25) is 0 Å². The van der Waals surface area contributed by atoms with Crippen molar-refractivity contribution in [2.75, 3.05) is 6.54 Å². The molecule has 1 aliphatic heterocycles. The van der Waals surface area contributed by atoms with Crippen LogP contribution in [0.25, 0.3) is 0 Å². The summed E-state index contributed by atoms with van der Waals surface area (Å²) in [7, 11) is 0. The van der Waals surface area contributed by atoms with Crippen LogP contribution in [0.15, 0.2) is 18.2 Å². The fraction of sp³-hybridized carbons (Fsp3) is 0.500. The number of hydrogen-bond acceptors (Lipinski definition) is 3. The lowest BCUT2D eigenvalue weighted by atomic mass is 9.80. The fourth-order valence-corrected chi connectivity index (χ4v) is 2.54. The molecule has 0 spiro atoms. The average Bonchev–Trinajstić information content (AvgIpc) is 2.80. The number of rotatable bonds is 3. The Hall–Kier alpha value is -1.39. The summed E-state index contributed by atoms with van der Waals surface area (Å²) in [4.78, 5) is 12.0. The van der Waals surface area contributed by atoms with Crippen molar-refractivity contribution >= 4 is 5.91 Å². The van der Waals surface area contributed by atoms with Gasteiger partial charge in [0.25, 0.3) is 5.91 Å². The van der Waals surface area contributed by atoms with E-state index >= 15 is 0 Å². The number of benzene rings is 1. The van der Waals surface area contributed by atoms with E-state index in [1.165, 1.54) is 11.1 Å². The van der Waals surface area contributed by atoms with E-state index in [1.54, 1.807) is 0 Å². The van der Waals surface area contributed by atoms with E-state index in [9.17, 15) is 9.90 Å². The van der Waals surface area contributed by atoms with Crippen LogP contribution >= 0.6 is 0 Å². The third kappa shape index (κ3) is 2.13. The molecular formula is C14H18N2O2. The number of nitrogens with one attached hydrogen (secondary N) is 2. The quantitative estimate of drug-likeness (QED) is 0.743. The maximum atomic E-state index is 12.0. The highest BCUT2D eigenvalue weighted by Gasteiger charge is 2.34. The Morgan fingerprint density at radius 1 is 1.33 bits per heavy atom. The molecule has 0 unspecified atom stereocenters. The minimum absolute atomic E-state index is 0.0926. The van der Waals surface area contributed by atoms with Gasteiger partial charge >= 0.3 is 0 Å². The molecule has 0 radical (unpaired) electrons. The summed E-state index contributed by atoms with van der Waals surface area (Å²) in [6.45, 7) is 2.08. The van der Waals surface area contributed by atoms with E-state index in [1.807, 2.05) is 18.2 Å². The Morgan fingerprint density at radius 2 is 2.11 bits per heavy atom. The first-order valence-corrected chi connectivity index (χ1v) is 6.49.